The molecule has 0 aliphatic heterocycles. The van der Waals surface area contributed by atoms with Crippen molar-refractivity contribution in [3.63, 3.8) is 0 Å². The van der Waals surface area contributed by atoms with Crippen LogP contribution in [0.3, 0.4) is 0 Å². The van der Waals surface area contributed by atoms with Crippen LogP contribution < -0.4 is 19.1 Å². The Labute approximate surface area is 261 Å². The summed E-state index contributed by atoms with van der Waals surface area (Å²) in [5, 5.41) is 3.37. The van der Waals surface area contributed by atoms with Crippen LogP contribution in [-0.4, -0.2) is 58.0 Å². The van der Waals surface area contributed by atoms with Gasteiger partial charge in [0.1, 0.15) is 18.4 Å². The fourth-order valence-electron chi connectivity index (χ4n) is 4.39. The molecule has 3 aromatic carbocycles. The van der Waals surface area contributed by atoms with E-state index in [9.17, 15) is 22.4 Å². The molecule has 0 spiro atoms. The van der Waals surface area contributed by atoms with E-state index in [1.54, 1.807) is 39.0 Å². The molecule has 0 unspecified atom stereocenters. The van der Waals surface area contributed by atoms with Gasteiger partial charge in [0.2, 0.25) is 11.8 Å². The molecule has 0 heterocycles. The molecule has 0 aromatic heterocycles. The summed E-state index contributed by atoms with van der Waals surface area (Å²) in [6.07, 6.45) is 0.214. The maximum absolute atomic E-state index is 14.1. The Morgan fingerprint density at radius 2 is 1.56 bits per heavy atom. The number of sulfonamides is 1. The van der Waals surface area contributed by atoms with Crippen molar-refractivity contribution < 1.29 is 31.9 Å². The number of nitrogens with zero attached hydrogens (tertiary/aromatic N) is 2. The van der Waals surface area contributed by atoms with Gasteiger partial charge in [0.15, 0.2) is 11.5 Å². The number of methoxy groups -OCH3 is 2. The van der Waals surface area contributed by atoms with Crippen molar-refractivity contribution in [2.45, 2.75) is 50.7 Å². The zero-order chi connectivity index (χ0) is 31.9. The molecule has 3 aromatic rings. The van der Waals surface area contributed by atoms with E-state index in [4.69, 9.17) is 32.7 Å². The maximum atomic E-state index is 14.1. The Balaban J connectivity index is 2.14. The third-order valence-corrected chi connectivity index (χ3v) is 9.02. The van der Waals surface area contributed by atoms with Gasteiger partial charge in [-0.3, -0.25) is 13.9 Å². The summed E-state index contributed by atoms with van der Waals surface area (Å²) in [5.41, 5.74) is 0.422. The maximum Gasteiger partial charge on any atom is 0.264 e. The van der Waals surface area contributed by atoms with E-state index < -0.39 is 40.2 Å². The number of rotatable bonds is 13. The van der Waals surface area contributed by atoms with Crippen LogP contribution in [0, 0.1) is 5.82 Å². The zero-order valence-electron chi connectivity index (χ0n) is 24.4. The fraction of sp³-hybridized carbons (Fsp3) is 0.333. The zero-order valence-corrected chi connectivity index (χ0v) is 26.8. The summed E-state index contributed by atoms with van der Waals surface area (Å²) >= 11 is 12.9. The van der Waals surface area contributed by atoms with Gasteiger partial charge in [-0.2, -0.15) is 0 Å². The molecule has 0 saturated carbocycles. The van der Waals surface area contributed by atoms with Crippen LogP contribution in [0.25, 0.3) is 0 Å². The minimum atomic E-state index is -4.44. The van der Waals surface area contributed by atoms with Gasteiger partial charge < -0.3 is 19.7 Å². The minimum Gasteiger partial charge on any atom is -0.493 e. The Hall–Kier alpha value is -3.54. The van der Waals surface area contributed by atoms with Gasteiger partial charge in [-0.1, -0.05) is 36.2 Å². The number of carbonyl (C=O) groups excluding carboxylic acids is 2. The standard InChI is InChI=1S/C30H34Cl2FN3O6S/c1-6-26(30(38)34-19(2)3)35(17-23-24(31)8-7-9-25(23)32)29(37)18-36(21-12-10-20(33)11-13-21)43(39,40)22-14-15-27(41-4)28(16-22)42-5/h7-16,19,26H,6,17-18H2,1-5H3,(H,34,38)/t26-/m1/s1. The molecule has 43 heavy (non-hydrogen) atoms. The highest BCUT2D eigenvalue weighted by molar-refractivity contribution is 7.92. The molecule has 2 amide bonds. The molecule has 1 atom stereocenters. The largest absolute Gasteiger partial charge is 0.493 e. The number of benzene rings is 3. The monoisotopic (exact) mass is 653 g/mol. The first-order valence-electron chi connectivity index (χ1n) is 13.4. The van der Waals surface area contributed by atoms with E-state index in [0.717, 1.165) is 16.4 Å². The van der Waals surface area contributed by atoms with Gasteiger partial charge in [-0.25, -0.2) is 12.8 Å². The van der Waals surface area contributed by atoms with Crippen molar-refractivity contribution in [2.24, 2.45) is 0 Å². The molecular formula is C30H34Cl2FN3O6S. The number of anilines is 1. The van der Waals surface area contributed by atoms with Crippen molar-refractivity contribution >= 4 is 50.7 Å². The van der Waals surface area contributed by atoms with Gasteiger partial charge in [-0.05, 0) is 68.8 Å². The predicted octanol–water partition coefficient (Wildman–Crippen LogP) is 5.68. The number of carbonyl (C=O) groups is 2. The average molecular weight is 655 g/mol. The third kappa shape index (κ3) is 8.10. The van der Waals surface area contributed by atoms with Gasteiger partial charge in [-0.15, -0.1) is 0 Å². The smallest absolute Gasteiger partial charge is 0.264 e. The second-order valence-electron chi connectivity index (χ2n) is 9.81. The molecule has 0 fully saturated rings. The lowest BCUT2D eigenvalue weighted by atomic mass is 10.1. The van der Waals surface area contributed by atoms with Crippen LogP contribution in [-0.2, 0) is 26.2 Å². The summed E-state index contributed by atoms with van der Waals surface area (Å²) in [7, 11) is -1.67. The van der Waals surface area contributed by atoms with E-state index in [-0.39, 0.29) is 45.4 Å². The van der Waals surface area contributed by atoms with Crippen molar-refractivity contribution in [1.82, 2.24) is 10.2 Å². The molecule has 0 saturated heterocycles. The van der Waals surface area contributed by atoms with Crippen molar-refractivity contribution in [3.05, 3.63) is 82.1 Å². The number of halogens is 3. The van der Waals surface area contributed by atoms with E-state index in [1.807, 2.05) is 0 Å². The molecule has 1 N–H and O–H groups in total. The molecule has 0 radical (unpaired) electrons. The lowest BCUT2D eigenvalue weighted by molar-refractivity contribution is -0.140. The summed E-state index contributed by atoms with van der Waals surface area (Å²) in [6.45, 7) is 4.41. The van der Waals surface area contributed by atoms with Gasteiger partial charge >= 0.3 is 0 Å². The van der Waals surface area contributed by atoms with Crippen molar-refractivity contribution in [2.75, 3.05) is 25.1 Å². The van der Waals surface area contributed by atoms with Crippen LogP contribution in [0.2, 0.25) is 10.0 Å². The molecule has 232 valence electrons. The Kier molecular flexibility index (Phi) is 11.7. The van der Waals surface area contributed by atoms with Crippen LogP contribution in [0.5, 0.6) is 11.5 Å². The second kappa shape index (κ2) is 14.8. The van der Waals surface area contributed by atoms with Crippen LogP contribution in [0.1, 0.15) is 32.8 Å². The fourth-order valence-corrected chi connectivity index (χ4v) is 6.34. The van der Waals surface area contributed by atoms with E-state index in [0.29, 0.717) is 11.3 Å². The first kappa shape index (κ1) is 34.0. The number of ether oxygens (including phenoxy) is 2. The Morgan fingerprint density at radius 3 is 2.09 bits per heavy atom. The lowest BCUT2D eigenvalue weighted by Gasteiger charge is -2.34. The second-order valence-corrected chi connectivity index (χ2v) is 12.5. The van der Waals surface area contributed by atoms with E-state index in [1.165, 1.54) is 49.5 Å². The number of nitrogens with one attached hydrogen (secondary N) is 1. The molecule has 0 aliphatic rings. The molecule has 9 nitrogen and oxygen atoms in total. The number of amides is 2. The topological polar surface area (TPSA) is 105 Å². The minimum absolute atomic E-state index is 0.0277. The first-order valence-corrected chi connectivity index (χ1v) is 15.6. The van der Waals surface area contributed by atoms with Gasteiger partial charge in [0, 0.05) is 34.3 Å². The summed E-state index contributed by atoms with van der Waals surface area (Å²) in [5.74, 6) is -1.28. The Morgan fingerprint density at radius 1 is 0.953 bits per heavy atom. The highest BCUT2D eigenvalue weighted by atomic mass is 35.5. The van der Waals surface area contributed by atoms with E-state index >= 15 is 0 Å². The molecule has 0 aliphatic carbocycles. The summed E-state index contributed by atoms with van der Waals surface area (Å²) in [6, 6.07) is 12.3. The predicted molar refractivity (Wildman–Crippen MR) is 165 cm³/mol. The van der Waals surface area contributed by atoms with Gasteiger partial charge in [0.05, 0.1) is 24.8 Å². The van der Waals surface area contributed by atoms with Crippen LogP contribution in [0.4, 0.5) is 10.1 Å². The Bertz CT molecular complexity index is 1530. The van der Waals surface area contributed by atoms with Crippen LogP contribution in [0.15, 0.2) is 65.6 Å². The highest BCUT2D eigenvalue weighted by Crippen LogP contribution is 2.33. The quantitative estimate of drug-likeness (QED) is 0.255. The van der Waals surface area contributed by atoms with Crippen molar-refractivity contribution in [1.29, 1.82) is 0 Å². The summed E-state index contributed by atoms with van der Waals surface area (Å²) in [4.78, 5) is 28.5. The normalized spacial score (nSPS) is 12.0. The highest BCUT2D eigenvalue weighted by Gasteiger charge is 2.35. The van der Waals surface area contributed by atoms with Crippen molar-refractivity contribution in [3.8, 4) is 11.5 Å². The third-order valence-electron chi connectivity index (χ3n) is 6.54. The first-order chi connectivity index (χ1) is 20.3. The van der Waals surface area contributed by atoms with Crippen LogP contribution >= 0.6 is 23.2 Å². The number of hydrogen-bond acceptors (Lipinski definition) is 6. The number of hydrogen-bond donors (Lipinski definition) is 1. The molecule has 13 heteroatoms. The molecular weight excluding hydrogens is 620 g/mol. The lowest BCUT2D eigenvalue weighted by Crippen LogP contribution is -2.53. The summed E-state index contributed by atoms with van der Waals surface area (Å²) < 4.78 is 53.4. The average Bonchev–Trinajstić information content (AvgIpc) is 2.96. The van der Waals surface area contributed by atoms with E-state index in [2.05, 4.69) is 5.32 Å². The molecule has 0 bridgehead atoms. The SMILES string of the molecule is CC[C@H](C(=O)NC(C)C)N(Cc1c(Cl)cccc1Cl)C(=O)CN(c1ccc(F)cc1)S(=O)(=O)c1ccc(OC)c(OC)c1. The molecule has 3 rings (SSSR count). The van der Waals surface area contributed by atoms with Gasteiger partial charge in [0.25, 0.3) is 10.0 Å².